The molecule has 4 nitrogen and oxygen atoms in total. The lowest BCUT2D eigenvalue weighted by Gasteiger charge is -2.23. The lowest BCUT2D eigenvalue weighted by Crippen LogP contribution is -2.34. The Morgan fingerprint density at radius 2 is 2.11 bits per heavy atom. The van der Waals surface area contributed by atoms with Gasteiger partial charge in [0.2, 0.25) is 0 Å². The Hall–Kier alpha value is -1.55. The molecule has 1 aliphatic rings. The highest BCUT2D eigenvalue weighted by molar-refractivity contribution is 5.55. The molecule has 0 atom stereocenters. The molecule has 1 aliphatic heterocycles. The van der Waals surface area contributed by atoms with Crippen LogP contribution in [0.5, 0.6) is 5.75 Å². The molecule has 2 aromatic heterocycles. The van der Waals surface area contributed by atoms with E-state index in [0.717, 1.165) is 43.0 Å². The van der Waals surface area contributed by atoms with Crippen molar-refractivity contribution in [1.82, 2.24) is 14.7 Å². The minimum absolute atomic E-state index is 0.315. The molecule has 4 heteroatoms. The number of rotatable bonds is 2. The molecule has 18 heavy (non-hydrogen) atoms. The predicted octanol–water partition coefficient (Wildman–Crippen LogP) is 2.08. The summed E-state index contributed by atoms with van der Waals surface area (Å²) in [4.78, 5) is 4.60. The van der Waals surface area contributed by atoms with E-state index in [1.165, 1.54) is 5.69 Å². The molecule has 1 saturated heterocycles. The molecule has 3 heterocycles. The number of nitrogens with zero attached hydrogens (tertiary/aromatic N) is 2. The number of aromatic nitrogens is 2. The van der Waals surface area contributed by atoms with Crippen molar-refractivity contribution in [2.24, 2.45) is 0 Å². The van der Waals surface area contributed by atoms with Gasteiger partial charge in [-0.3, -0.25) is 0 Å². The first-order valence-electron chi connectivity index (χ1n) is 6.57. The fourth-order valence-corrected chi connectivity index (χ4v) is 2.46. The second-order valence-electron chi connectivity index (χ2n) is 4.92. The predicted molar refractivity (Wildman–Crippen MR) is 71.2 cm³/mol. The summed E-state index contributed by atoms with van der Waals surface area (Å²) in [6.45, 7) is 6.21. The highest BCUT2D eigenvalue weighted by Gasteiger charge is 2.17. The maximum absolute atomic E-state index is 6.11. The van der Waals surface area contributed by atoms with Crippen molar-refractivity contribution in [2.45, 2.75) is 32.8 Å². The zero-order valence-corrected chi connectivity index (χ0v) is 10.9. The van der Waals surface area contributed by atoms with Crippen LogP contribution in [-0.4, -0.2) is 28.6 Å². The Labute approximate surface area is 107 Å². The van der Waals surface area contributed by atoms with E-state index < -0.39 is 0 Å². The first-order valence-corrected chi connectivity index (χ1v) is 6.57. The first-order chi connectivity index (χ1) is 8.75. The van der Waals surface area contributed by atoms with Gasteiger partial charge in [-0.1, -0.05) is 0 Å². The number of imidazole rings is 1. The quantitative estimate of drug-likeness (QED) is 0.880. The molecule has 0 aromatic carbocycles. The van der Waals surface area contributed by atoms with Crippen molar-refractivity contribution in [3.8, 4) is 5.75 Å². The fraction of sp³-hybridized carbons (Fsp3) is 0.500. The van der Waals surface area contributed by atoms with E-state index in [2.05, 4.69) is 21.6 Å². The van der Waals surface area contributed by atoms with Gasteiger partial charge in [-0.05, 0) is 51.9 Å². The summed E-state index contributed by atoms with van der Waals surface area (Å²) in [5.74, 6) is 0.903. The minimum atomic E-state index is 0.315. The Bertz CT molecular complexity index is 555. The van der Waals surface area contributed by atoms with Gasteiger partial charge >= 0.3 is 0 Å². The second-order valence-corrected chi connectivity index (χ2v) is 4.92. The van der Waals surface area contributed by atoms with Crippen LogP contribution in [0.25, 0.3) is 5.65 Å². The number of ether oxygens (including phenoxy) is 1. The molecule has 0 amide bonds. The van der Waals surface area contributed by atoms with Crippen molar-refractivity contribution < 1.29 is 4.74 Å². The molecule has 0 saturated carbocycles. The fourth-order valence-electron chi connectivity index (χ4n) is 2.46. The third-order valence-corrected chi connectivity index (χ3v) is 3.67. The van der Waals surface area contributed by atoms with Gasteiger partial charge in [0, 0.05) is 11.9 Å². The monoisotopic (exact) mass is 245 g/mol. The van der Waals surface area contributed by atoms with Crippen molar-refractivity contribution in [3.05, 3.63) is 29.7 Å². The Balaban J connectivity index is 1.93. The van der Waals surface area contributed by atoms with Crippen LogP contribution in [0.1, 0.15) is 24.2 Å². The van der Waals surface area contributed by atoms with Crippen molar-refractivity contribution >= 4 is 5.65 Å². The summed E-state index contributed by atoms with van der Waals surface area (Å²) >= 11 is 0. The summed E-state index contributed by atoms with van der Waals surface area (Å²) in [6, 6.07) is 4.04. The molecule has 1 fully saturated rings. The number of pyridine rings is 1. The highest BCUT2D eigenvalue weighted by atomic mass is 16.5. The molecule has 96 valence electrons. The Kier molecular flexibility index (Phi) is 2.96. The van der Waals surface area contributed by atoms with Gasteiger partial charge in [-0.15, -0.1) is 0 Å². The van der Waals surface area contributed by atoms with Crippen LogP contribution in [0, 0.1) is 13.8 Å². The molecule has 1 N–H and O–H groups in total. The number of piperidine rings is 1. The van der Waals surface area contributed by atoms with Crippen LogP contribution in [0.15, 0.2) is 18.3 Å². The van der Waals surface area contributed by atoms with Crippen molar-refractivity contribution in [3.63, 3.8) is 0 Å². The van der Waals surface area contributed by atoms with Crippen LogP contribution in [0.3, 0.4) is 0 Å². The molecular weight excluding hydrogens is 226 g/mol. The Morgan fingerprint density at radius 1 is 1.33 bits per heavy atom. The number of nitrogens with one attached hydrogen (secondary N) is 1. The second kappa shape index (κ2) is 4.61. The lowest BCUT2D eigenvalue weighted by atomic mass is 10.1. The van der Waals surface area contributed by atoms with Gasteiger partial charge in [0.1, 0.15) is 6.10 Å². The van der Waals surface area contributed by atoms with Crippen molar-refractivity contribution in [1.29, 1.82) is 0 Å². The molecule has 0 bridgehead atoms. The van der Waals surface area contributed by atoms with Gasteiger partial charge < -0.3 is 14.5 Å². The van der Waals surface area contributed by atoms with Crippen LogP contribution in [0.4, 0.5) is 0 Å². The normalized spacial score (nSPS) is 17.2. The van der Waals surface area contributed by atoms with Crippen LogP contribution >= 0.6 is 0 Å². The Morgan fingerprint density at radius 3 is 2.89 bits per heavy atom. The lowest BCUT2D eigenvalue weighted by molar-refractivity contribution is 0.163. The number of aryl methyl sites for hydroxylation is 2. The average Bonchev–Trinajstić information content (AvgIpc) is 2.69. The molecule has 0 aliphatic carbocycles. The number of hydrogen-bond donors (Lipinski definition) is 1. The van der Waals surface area contributed by atoms with Crippen LogP contribution < -0.4 is 10.1 Å². The van der Waals surface area contributed by atoms with E-state index in [-0.39, 0.29) is 0 Å². The van der Waals surface area contributed by atoms with E-state index in [0.29, 0.717) is 6.10 Å². The van der Waals surface area contributed by atoms with Gasteiger partial charge in [0.25, 0.3) is 0 Å². The van der Waals surface area contributed by atoms with E-state index in [4.69, 9.17) is 4.74 Å². The van der Waals surface area contributed by atoms with Crippen LogP contribution in [0.2, 0.25) is 0 Å². The first kappa shape index (κ1) is 11.5. The largest absolute Gasteiger partial charge is 0.486 e. The van der Waals surface area contributed by atoms with Gasteiger partial charge in [0.05, 0.1) is 5.69 Å². The zero-order chi connectivity index (χ0) is 12.5. The van der Waals surface area contributed by atoms with Gasteiger partial charge in [0.15, 0.2) is 11.4 Å². The summed E-state index contributed by atoms with van der Waals surface area (Å²) in [5.41, 5.74) is 3.18. The maximum atomic E-state index is 6.11. The highest BCUT2D eigenvalue weighted by Crippen LogP contribution is 2.24. The molecule has 0 radical (unpaired) electrons. The maximum Gasteiger partial charge on any atom is 0.180 e. The third kappa shape index (κ3) is 1.97. The third-order valence-electron chi connectivity index (χ3n) is 3.67. The minimum Gasteiger partial charge on any atom is -0.486 e. The van der Waals surface area contributed by atoms with E-state index in [9.17, 15) is 0 Å². The SMILES string of the molecule is Cc1nc2c(OC3CCNCC3)cccn2c1C. The molecule has 0 spiro atoms. The molecule has 0 unspecified atom stereocenters. The van der Waals surface area contributed by atoms with E-state index >= 15 is 0 Å². The van der Waals surface area contributed by atoms with Gasteiger partial charge in [-0.2, -0.15) is 0 Å². The van der Waals surface area contributed by atoms with Crippen molar-refractivity contribution in [2.75, 3.05) is 13.1 Å². The topological polar surface area (TPSA) is 38.6 Å². The molecule has 2 aromatic rings. The standard InChI is InChI=1S/C14H19N3O/c1-10-11(2)17-9-3-4-13(14(17)16-10)18-12-5-7-15-8-6-12/h3-4,9,12,15H,5-8H2,1-2H3. The smallest absolute Gasteiger partial charge is 0.180 e. The summed E-state index contributed by atoms with van der Waals surface area (Å²) in [7, 11) is 0. The number of fused-ring (bicyclic) bond motifs is 1. The summed E-state index contributed by atoms with van der Waals surface area (Å²) in [5, 5.41) is 3.35. The molecule has 3 rings (SSSR count). The van der Waals surface area contributed by atoms with Gasteiger partial charge in [-0.25, -0.2) is 4.98 Å². The zero-order valence-electron chi connectivity index (χ0n) is 10.9. The number of hydrogen-bond acceptors (Lipinski definition) is 3. The van der Waals surface area contributed by atoms with Crippen LogP contribution in [-0.2, 0) is 0 Å². The van der Waals surface area contributed by atoms with E-state index in [1.54, 1.807) is 0 Å². The van der Waals surface area contributed by atoms with E-state index in [1.807, 2.05) is 25.3 Å². The summed E-state index contributed by atoms with van der Waals surface area (Å²) in [6.07, 6.45) is 4.49. The average molecular weight is 245 g/mol. The molecular formula is C14H19N3O. The summed E-state index contributed by atoms with van der Waals surface area (Å²) < 4.78 is 8.22.